The SMILES string of the molecule is COc1ccc(C(=O)/C=C/c2ccc(OCCCN3CCOCC3)c(OC)c2)cc1. The first-order chi connectivity index (χ1) is 14.7. The lowest BCUT2D eigenvalue weighted by Crippen LogP contribution is -2.37. The summed E-state index contributed by atoms with van der Waals surface area (Å²) in [7, 11) is 3.22. The van der Waals surface area contributed by atoms with Crippen LogP contribution in [0.2, 0.25) is 0 Å². The van der Waals surface area contributed by atoms with Gasteiger partial charge in [-0.15, -0.1) is 0 Å². The van der Waals surface area contributed by atoms with Crippen molar-refractivity contribution >= 4 is 11.9 Å². The normalized spacial score (nSPS) is 14.6. The van der Waals surface area contributed by atoms with Crippen LogP contribution in [0.4, 0.5) is 0 Å². The van der Waals surface area contributed by atoms with Gasteiger partial charge in [0.2, 0.25) is 0 Å². The Morgan fingerprint density at radius 3 is 2.50 bits per heavy atom. The van der Waals surface area contributed by atoms with Gasteiger partial charge in [-0.25, -0.2) is 0 Å². The van der Waals surface area contributed by atoms with Crippen LogP contribution in [0.5, 0.6) is 17.2 Å². The van der Waals surface area contributed by atoms with Crippen molar-refractivity contribution in [2.24, 2.45) is 0 Å². The van der Waals surface area contributed by atoms with E-state index >= 15 is 0 Å². The molecule has 1 heterocycles. The van der Waals surface area contributed by atoms with Crippen molar-refractivity contribution in [3.05, 3.63) is 59.7 Å². The molecule has 6 nitrogen and oxygen atoms in total. The number of ketones is 1. The second kappa shape index (κ2) is 11.4. The van der Waals surface area contributed by atoms with E-state index in [0.717, 1.165) is 50.6 Å². The number of hydrogen-bond donors (Lipinski definition) is 0. The third-order valence-electron chi connectivity index (χ3n) is 4.97. The third kappa shape index (κ3) is 6.34. The summed E-state index contributed by atoms with van der Waals surface area (Å²) in [5, 5.41) is 0. The Hall–Kier alpha value is -2.83. The number of benzene rings is 2. The molecule has 0 aliphatic carbocycles. The second-order valence-electron chi connectivity index (χ2n) is 6.99. The second-order valence-corrected chi connectivity index (χ2v) is 6.99. The summed E-state index contributed by atoms with van der Waals surface area (Å²) >= 11 is 0. The molecule has 0 atom stereocenters. The lowest BCUT2D eigenvalue weighted by Gasteiger charge is -2.26. The van der Waals surface area contributed by atoms with Crippen LogP contribution in [-0.2, 0) is 4.74 Å². The summed E-state index contributed by atoms with van der Waals surface area (Å²) < 4.78 is 21.9. The number of carbonyl (C=O) groups is 1. The molecule has 6 heteroatoms. The van der Waals surface area contributed by atoms with E-state index in [1.54, 1.807) is 50.6 Å². The van der Waals surface area contributed by atoms with Gasteiger partial charge in [0.1, 0.15) is 5.75 Å². The van der Waals surface area contributed by atoms with Crippen LogP contribution in [0.3, 0.4) is 0 Å². The number of morpholine rings is 1. The molecule has 1 fully saturated rings. The zero-order valence-corrected chi connectivity index (χ0v) is 17.6. The number of ether oxygens (including phenoxy) is 4. The van der Waals surface area contributed by atoms with Crippen LogP contribution in [0.1, 0.15) is 22.3 Å². The fourth-order valence-corrected chi connectivity index (χ4v) is 3.23. The van der Waals surface area contributed by atoms with E-state index in [-0.39, 0.29) is 5.78 Å². The molecular formula is C24H29NO5. The van der Waals surface area contributed by atoms with Crippen LogP contribution in [0, 0.1) is 0 Å². The van der Waals surface area contributed by atoms with Gasteiger partial charge in [-0.3, -0.25) is 9.69 Å². The fourth-order valence-electron chi connectivity index (χ4n) is 3.23. The molecule has 1 aliphatic heterocycles. The van der Waals surface area contributed by atoms with Gasteiger partial charge in [0.15, 0.2) is 17.3 Å². The first kappa shape index (κ1) is 21.9. The van der Waals surface area contributed by atoms with Crippen molar-refractivity contribution in [3.63, 3.8) is 0 Å². The molecule has 2 aromatic carbocycles. The molecule has 3 rings (SSSR count). The molecule has 0 unspecified atom stereocenters. The van der Waals surface area contributed by atoms with Crippen molar-refractivity contribution in [1.82, 2.24) is 4.90 Å². The monoisotopic (exact) mass is 411 g/mol. The molecule has 0 N–H and O–H groups in total. The number of rotatable bonds is 10. The van der Waals surface area contributed by atoms with Crippen molar-refractivity contribution in [2.75, 3.05) is 53.7 Å². The zero-order valence-electron chi connectivity index (χ0n) is 17.6. The molecule has 0 spiro atoms. The molecule has 0 radical (unpaired) electrons. The molecular weight excluding hydrogens is 382 g/mol. The highest BCUT2D eigenvalue weighted by molar-refractivity contribution is 6.06. The lowest BCUT2D eigenvalue weighted by atomic mass is 10.1. The molecule has 0 saturated carbocycles. The van der Waals surface area contributed by atoms with Crippen LogP contribution >= 0.6 is 0 Å². The first-order valence-corrected chi connectivity index (χ1v) is 10.2. The summed E-state index contributed by atoms with van der Waals surface area (Å²) in [6, 6.07) is 12.7. The summed E-state index contributed by atoms with van der Waals surface area (Å²) in [6.07, 6.45) is 4.28. The van der Waals surface area contributed by atoms with Gasteiger partial charge in [0.25, 0.3) is 0 Å². The summed E-state index contributed by atoms with van der Waals surface area (Å²) in [5.41, 5.74) is 1.48. The Balaban J connectivity index is 1.53. The topological polar surface area (TPSA) is 57.2 Å². The number of allylic oxidation sites excluding steroid dienone is 1. The van der Waals surface area contributed by atoms with Gasteiger partial charge < -0.3 is 18.9 Å². The largest absolute Gasteiger partial charge is 0.497 e. The minimum Gasteiger partial charge on any atom is -0.497 e. The first-order valence-electron chi connectivity index (χ1n) is 10.2. The number of methoxy groups -OCH3 is 2. The highest BCUT2D eigenvalue weighted by Gasteiger charge is 2.10. The van der Waals surface area contributed by atoms with Gasteiger partial charge in [0.05, 0.1) is 34.0 Å². The Morgan fingerprint density at radius 1 is 1.03 bits per heavy atom. The Bertz CT molecular complexity index is 841. The summed E-state index contributed by atoms with van der Waals surface area (Å²) in [4.78, 5) is 14.7. The molecule has 1 aliphatic rings. The van der Waals surface area contributed by atoms with Crippen LogP contribution in [0.15, 0.2) is 48.5 Å². The molecule has 0 amide bonds. The maximum Gasteiger partial charge on any atom is 0.185 e. The standard InChI is InChI=1S/C24H29NO5/c1-27-21-8-6-20(7-9-21)22(26)10-4-19-5-11-23(24(18-19)28-2)30-15-3-12-25-13-16-29-17-14-25/h4-11,18H,3,12-17H2,1-2H3/b10-4+. The average Bonchev–Trinajstić information content (AvgIpc) is 2.81. The zero-order chi connectivity index (χ0) is 21.2. The van der Waals surface area contributed by atoms with Gasteiger partial charge in [0, 0.05) is 25.2 Å². The number of nitrogens with zero attached hydrogens (tertiary/aromatic N) is 1. The van der Waals surface area contributed by atoms with Gasteiger partial charge >= 0.3 is 0 Å². The maximum atomic E-state index is 12.3. The molecule has 30 heavy (non-hydrogen) atoms. The molecule has 160 valence electrons. The van der Waals surface area contributed by atoms with E-state index in [9.17, 15) is 4.79 Å². The Kier molecular flexibility index (Phi) is 8.30. The number of hydrogen-bond acceptors (Lipinski definition) is 6. The quantitative estimate of drug-likeness (QED) is 0.338. The summed E-state index contributed by atoms with van der Waals surface area (Å²) in [5.74, 6) is 2.01. The van der Waals surface area contributed by atoms with Crippen molar-refractivity contribution in [1.29, 1.82) is 0 Å². The molecule has 1 saturated heterocycles. The predicted molar refractivity (Wildman–Crippen MR) is 117 cm³/mol. The van der Waals surface area contributed by atoms with E-state index < -0.39 is 0 Å². The fraction of sp³-hybridized carbons (Fsp3) is 0.375. The van der Waals surface area contributed by atoms with Gasteiger partial charge in [-0.1, -0.05) is 12.1 Å². The van der Waals surface area contributed by atoms with Crippen molar-refractivity contribution < 1.29 is 23.7 Å². The average molecular weight is 411 g/mol. The maximum absolute atomic E-state index is 12.3. The molecule has 0 aromatic heterocycles. The van der Waals surface area contributed by atoms with Crippen LogP contribution < -0.4 is 14.2 Å². The summed E-state index contributed by atoms with van der Waals surface area (Å²) in [6.45, 7) is 5.22. The lowest BCUT2D eigenvalue weighted by molar-refractivity contribution is 0.0357. The minimum atomic E-state index is -0.0694. The van der Waals surface area contributed by atoms with E-state index in [1.165, 1.54) is 0 Å². The third-order valence-corrected chi connectivity index (χ3v) is 4.97. The van der Waals surface area contributed by atoms with Crippen LogP contribution in [-0.4, -0.2) is 64.4 Å². The van der Waals surface area contributed by atoms with Crippen molar-refractivity contribution in [3.8, 4) is 17.2 Å². The van der Waals surface area contributed by atoms with E-state index in [4.69, 9.17) is 18.9 Å². The highest BCUT2D eigenvalue weighted by Crippen LogP contribution is 2.28. The predicted octanol–water partition coefficient (Wildman–Crippen LogP) is 3.70. The van der Waals surface area contributed by atoms with Gasteiger partial charge in [-0.05, 0) is 54.5 Å². The minimum absolute atomic E-state index is 0.0694. The Labute approximate surface area is 178 Å². The van der Waals surface area contributed by atoms with Crippen LogP contribution in [0.25, 0.3) is 6.08 Å². The molecule has 0 bridgehead atoms. The van der Waals surface area contributed by atoms with E-state index in [1.807, 2.05) is 18.2 Å². The number of carbonyl (C=O) groups excluding carboxylic acids is 1. The van der Waals surface area contributed by atoms with E-state index in [0.29, 0.717) is 23.7 Å². The van der Waals surface area contributed by atoms with E-state index in [2.05, 4.69) is 4.90 Å². The van der Waals surface area contributed by atoms with Crippen molar-refractivity contribution in [2.45, 2.75) is 6.42 Å². The van der Waals surface area contributed by atoms with Gasteiger partial charge in [-0.2, -0.15) is 0 Å². The highest BCUT2D eigenvalue weighted by atomic mass is 16.5. The smallest absolute Gasteiger partial charge is 0.185 e. The molecule has 2 aromatic rings. The Morgan fingerprint density at radius 2 is 1.80 bits per heavy atom.